The van der Waals surface area contributed by atoms with Crippen molar-refractivity contribution in [2.45, 2.75) is 67.6 Å². The first-order valence-corrected chi connectivity index (χ1v) is 23.7. The van der Waals surface area contributed by atoms with E-state index in [4.69, 9.17) is 0 Å². The third-order valence-electron chi connectivity index (χ3n) is 13.7. The van der Waals surface area contributed by atoms with Gasteiger partial charge in [0, 0.05) is 26.7 Å². The molecule has 0 aromatic heterocycles. The third kappa shape index (κ3) is 6.94. The molecule has 0 fully saturated rings. The first kappa shape index (κ1) is 40.9. The number of nitrogens with zero attached hydrogens (tertiary/aromatic N) is 1. The lowest BCUT2D eigenvalue weighted by Gasteiger charge is -2.41. The third-order valence-corrected chi connectivity index (χ3v) is 14.8. The van der Waals surface area contributed by atoms with Gasteiger partial charge in [-0.2, -0.15) is 0 Å². The highest BCUT2D eigenvalue weighted by atomic mass is 32.2. The van der Waals surface area contributed by atoms with E-state index in [2.05, 4.69) is 259 Å². The van der Waals surface area contributed by atoms with Crippen LogP contribution in [0.3, 0.4) is 0 Å². The van der Waals surface area contributed by atoms with Gasteiger partial charge in [-0.05, 0) is 132 Å². The van der Waals surface area contributed by atoms with Gasteiger partial charge in [0.15, 0.2) is 0 Å². The molecule has 2 aliphatic rings. The molecule has 1 aliphatic heterocycles. The second-order valence-corrected chi connectivity index (χ2v) is 20.8. The lowest BCUT2D eigenvalue weighted by Crippen LogP contribution is -2.33. The van der Waals surface area contributed by atoms with Crippen molar-refractivity contribution in [2.75, 3.05) is 4.90 Å². The molecule has 2 heteroatoms. The Hall–Kier alpha value is -6.87. The molecule has 0 atom stereocenters. The Balaban J connectivity index is 1.14. The summed E-state index contributed by atoms with van der Waals surface area (Å²) in [4.78, 5) is 5.09. The van der Waals surface area contributed by atoms with Gasteiger partial charge in [0.05, 0.1) is 11.1 Å². The van der Waals surface area contributed by atoms with E-state index in [-0.39, 0.29) is 10.8 Å². The van der Waals surface area contributed by atoms with Crippen LogP contribution in [0.15, 0.2) is 222 Å². The summed E-state index contributed by atoms with van der Waals surface area (Å²) in [5.74, 6) is 0. The summed E-state index contributed by atoms with van der Waals surface area (Å²) in [6.07, 6.45) is 0. The van der Waals surface area contributed by atoms with Crippen molar-refractivity contribution < 1.29 is 0 Å². The molecule has 0 amide bonds. The zero-order valence-corrected chi connectivity index (χ0v) is 38.9. The molecular formula is C63H53NS. The number of fused-ring (bicyclic) bond motifs is 9. The summed E-state index contributed by atoms with van der Waals surface area (Å²) >= 11 is 1.93. The molecule has 0 N–H and O–H groups in total. The van der Waals surface area contributed by atoms with Gasteiger partial charge in [0.25, 0.3) is 0 Å². The van der Waals surface area contributed by atoms with Crippen molar-refractivity contribution in [3.8, 4) is 44.5 Å². The molecule has 9 aromatic carbocycles. The van der Waals surface area contributed by atoms with Gasteiger partial charge < -0.3 is 4.90 Å². The molecule has 11 rings (SSSR count). The molecule has 0 saturated heterocycles. The summed E-state index contributed by atoms with van der Waals surface area (Å²) in [6, 6.07) is 79.5. The van der Waals surface area contributed by atoms with Gasteiger partial charge in [-0.25, -0.2) is 0 Å². The molecule has 316 valence electrons. The fraction of sp³-hybridized carbons (Fsp3) is 0.143. The van der Waals surface area contributed by atoms with Crippen LogP contribution in [0.5, 0.6) is 0 Å². The maximum atomic E-state index is 2.54. The molecule has 1 heterocycles. The van der Waals surface area contributed by atoms with Crippen molar-refractivity contribution in [2.24, 2.45) is 0 Å². The van der Waals surface area contributed by atoms with Crippen LogP contribution < -0.4 is 4.90 Å². The molecule has 1 spiro atoms. The van der Waals surface area contributed by atoms with Crippen LogP contribution in [0.25, 0.3) is 44.5 Å². The average Bonchev–Trinajstić information content (AvgIpc) is 3.62. The second-order valence-electron chi connectivity index (χ2n) is 19.8. The largest absolute Gasteiger partial charge is 0.310 e. The van der Waals surface area contributed by atoms with Gasteiger partial charge >= 0.3 is 0 Å². The molecule has 0 radical (unpaired) electrons. The number of para-hydroxylation sites is 1. The summed E-state index contributed by atoms with van der Waals surface area (Å²) in [5, 5.41) is 0. The summed E-state index contributed by atoms with van der Waals surface area (Å²) in [5.41, 5.74) is 20.7. The Morgan fingerprint density at radius 2 is 0.769 bits per heavy atom. The standard InChI is InChI=1S/C63H53NS/c1-61(2,3)47-30-37-59-56(40-47)63(57-41-48(62(4,5)6)31-38-60(57)65-59)54-23-15-13-22-52(54)53-36-29-46(39-55(53)63)51-21-14-16-24-58(51)64(49-32-25-44(26-33-49)42-17-9-7-10-18-42)50-34-27-45(28-35-50)43-19-11-8-12-20-43/h7-41H,1-6H3. The Morgan fingerprint density at radius 3 is 1.29 bits per heavy atom. The lowest BCUT2D eigenvalue weighted by molar-refractivity contribution is 0.581. The van der Waals surface area contributed by atoms with E-state index in [1.54, 1.807) is 0 Å². The van der Waals surface area contributed by atoms with Gasteiger partial charge in [0.1, 0.15) is 0 Å². The lowest BCUT2D eigenvalue weighted by atomic mass is 9.65. The maximum absolute atomic E-state index is 2.54. The van der Waals surface area contributed by atoms with E-state index in [0.29, 0.717) is 0 Å². The predicted molar refractivity (Wildman–Crippen MR) is 276 cm³/mol. The van der Waals surface area contributed by atoms with Crippen LogP contribution in [-0.2, 0) is 16.2 Å². The molecule has 0 unspecified atom stereocenters. The number of hydrogen-bond donors (Lipinski definition) is 0. The van der Waals surface area contributed by atoms with Crippen molar-refractivity contribution in [1.82, 2.24) is 0 Å². The Bertz CT molecular complexity index is 3080. The smallest absolute Gasteiger partial charge is 0.0735 e. The fourth-order valence-corrected chi connectivity index (χ4v) is 11.4. The quantitative estimate of drug-likeness (QED) is 0.164. The highest BCUT2D eigenvalue weighted by Crippen LogP contribution is 2.63. The molecular weight excluding hydrogens is 803 g/mol. The first-order chi connectivity index (χ1) is 31.5. The number of benzene rings is 9. The highest BCUT2D eigenvalue weighted by Gasteiger charge is 2.51. The molecule has 65 heavy (non-hydrogen) atoms. The van der Waals surface area contributed by atoms with Crippen molar-refractivity contribution in [3.05, 3.63) is 246 Å². The number of anilines is 3. The second kappa shape index (κ2) is 15.7. The minimum Gasteiger partial charge on any atom is -0.310 e. The van der Waals surface area contributed by atoms with Gasteiger partial charge in [-0.15, -0.1) is 0 Å². The molecule has 9 aromatic rings. The number of hydrogen-bond acceptors (Lipinski definition) is 2. The van der Waals surface area contributed by atoms with Crippen LogP contribution in [0.4, 0.5) is 17.1 Å². The highest BCUT2D eigenvalue weighted by molar-refractivity contribution is 7.99. The van der Waals surface area contributed by atoms with Crippen LogP contribution in [0, 0.1) is 0 Å². The summed E-state index contributed by atoms with van der Waals surface area (Å²) < 4.78 is 0. The van der Waals surface area contributed by atoms with Crippen LogP contribution in [0.1, 0.15) is 74.9 Å². The Morgan fingerprint density at radius 1 is 0.338 bits per heavy atom. The molecule has 1 nitrogen and oxygen atoms in total. The minimum absolute atomic E-state index is 0.0157. The Kier molecular flexibility index (Phi) is 9.86. The molecule has 0 saturated carbocycles. The van der Waals surface area contributed by atoms with E-state index in [9.17, 15) is 0 Å². The van der Waals surface area contributed by atoms with Gasteiger partial charge in [0.2, 0.25) is 0 Å². The van der Waals surface area contributed by atoms with E-state index >= 15 is 0 Å². The van der Waals surface area contributed by atoms with E-state index < -0.39 is 5.41 Å². The van der Waals surface area contributed by atoms with Gasteiger partial charge in [-0.1, -0.05) is 217 Å². The van der Waals surface area contributed by atoms with Crippen LogP contribution in [0.2, 0.25) is 0 Å². The van der Waals surface area contributed by atoms with Crippen LogP contribution in [-0.4, -0.2) is 0 Å². The zero-order valence-electron chi connectivity index (χ0n) is 38.1. The minimum atomic E-state index is -0.518. The number of rotatable bonds is 6. The van der Waals surface area contributed by atoms with E-state index in [1.165, 1.54) is 87.7 Å². The molecule has 0 bridgehead atoms. The van der Waals surface area contributed by atoms with E-state index in [1.807, 2.05) is 11.8 Å². The maximum Gasteiger partial charge on any atom is 0.0735 e. The van der Waals surface area contributed by atoms with Crippen LogP contribution >= 0.6 is 11.8 Å². The zero-order chi connectivity index (χ0) is 44.5. The van der Waals surface area contributed by atoms with Gasteiger partial charge in [-0.3, -0.25) is 0 Å². The topological polar surface area (TPSA) is 3.24 Å². The SMILES string of the molecule is CC(C)(C)c1ccc2c(c1)C1(c3cc(C(C)(C)C)ccc3S2)c2ccccc2-c2ccc(-c3ccccc3N(c3ccc(-c4ccccc4)cc3)c3ccc(-c4ccccc4)cc3)cc21. The Labute approximate surface area is 389 Å². The monoisotopic (exact) mass is 855 g/mol. The predicted octanol–water partition coefficient (Wildman–Crippen LogP) is 17.6. The fourth-order valence-electron chi connectivity index (χ4n) is 10.3. The summed E-state index contributed by atoms with van der Waals surface area (Å²) in [7, 11) is 0. The average molecular weight is 856 g/mol. The van der Waals surface area contributed by atoms with Crippen molar-refractivity contribution >= 4 is 28.8 Å². The summed E-state index contributed by atoms with van der Waals surface area (Å²) in [6.45, 7) is 14.0. The first-order valence-electron chi connectivity index (χ1n) is 22.9. The van der Waals surface area contributed by atoms with Crippen molar-refractivity contribution in [3.63, 3.8) is 0 Å². The van der Waals surface area contributed by atoms with E-state index in [0.717, 1.165) is 17.1 Å². The normalized spacial score (nSPS) is 13.4. The van der Waals surface area contributed by atoms with Crippen molar-refractivity contribution in [1.29, 1.82) is 0 Å². The molecule has 1 aliphatic carbocycles.